The summed E-state index contributed by atoms with van der Waals surface area (Å²) in [6.45, 7) is 2.33. The van der Waals surface area contributed by atoms with Crippen LogP contribution in [0.3, 0.4) is 0 Å². The van der Waals surface area contributed by atoms with Crippen molar-refractivity contribution in [3.8, 4) is 5.75 Å². The molecule has 1 aliphatic heterocycles. The summed E-state index contributed by atoms with van der Waals surface area (Å²) in [7, 11) is 1.71. The van der Waals surface area contributed by atoms with E-state index in [1.165, 1.54) is 38.0 Å². The van der Waals surface area contributed by atoms with Crippen molar-refractivity contribution in [1.82, 2.24) is 0 Å². The lowest BCUT2D eigenvalue weighted by Crippen LogP contribution is -2.29. The van der Waals surface area contributed by atoms with E-state index in [0.717, 1.165) is 10.2 Å². The van der Waals surface area contributed by atoms with Gasteiger partial charge in [-0.25, -0.2) is 0 Å². The molecule has 0 N–H and O–H groups in total. The summed E-state index contributed by atoms with van der Waals surface area (Å²) in [4.78, 5) is 2.43. The zero-order valence-corrected chi connectivity index (χ0v) is 10.6. The number of hydrogen-bond acceptors (Lipinski definition) is 2. The molecule has 3 heteroatoms. The third-order valence-electron chi connectivity index (χ3n) is 2.81. The lowest BCUT2D eigenvalue weighted by molar-refractivity contribution is 0.414. The first-order valence-electron chi connectivity index (χ1n) is 5.39. The summed E-state index contributed by atoms with van der Waals surface area (Å²) in [5, 5.41) is 0. The number of halogens is 1. The number of rotatable bonds is 2. The fourth-order valence-electron chi connectivity index (χ4n) is 2.00. The molecule has 0 aliphatic carbocycles. The molecule has 0 radical (unpaired) electrons. The second-order valence-electron chi connectivity index (χ2n) is 3.90. The van der Waals surface area contributed by atoms with Gasteiger partial charge in [0.15, 0.2) is 0 Å². The van der Waals surface area contributed by atoms with E-state index in [2.05, 4.69) is 33.0 Å². The maximum atomic E-state index is 5.27. The fourth-order valence-corrected chi connectivity index (χ4v) is 2.46. The highest BCUT2D eigenvalue weighted by Crippen LogP contribution is 2.28. The van der Waals surface area contributed by atoms with Gasteiger partial charge in [-0.3, -0.25) is 0 Å². The Hall–Kier alpha value is -0.700. The quantitative estimate of drug-likeness (QED) is 0.816. The van der Waals surface area contributed by atoms with Crippen LogP contribution in [-0.2, 0) is 0 Å². The average molecular weight is 270 g/mol. The maximum absolute atomic E-state index is 5.27. The molecule has 1 fully saturated rings. The molecule has 1 aromatic carbocycles. The van der Waals surface area contributed by atoms with Crippen LogP contribution in [0.2, 0.25) is 0 Å². The van der Waals surface area contributed by atoms with Crippen molar-refractivity contribution in [1.29, 1.82) is 0 Å². The van der Waals surface area contributed by atoms with E-state index in [4.69, 9.17) is 4.74 Å². The molecule has 0 unspecified atom stereocenters. The zero-order chi connectivity index (χ0) is 10.7. The Labute approximate surface area is 99.4 Å². The number of benzene rings is 1. The van der Waals surface area contributed by atoms with Crippen LogP contribution in [0.5, 0.6) is 5.75 Å². The normalized spacial score (nSPS) is 16.5. The molecule has 2 nitrogen and oxygen atoms in total. The Bertz CT molecular complexity index is 334. The summed E-state index contributed by atoms with van der Waals surface area (Å²) in [5.74, 6) is 0.921. The maximum Gasteiger partial charge on any atom is 0.122 e. The summed E-state index contributed by atoms with van der Waals surface area (Å²) >= 11 is 3.51. The van der Waals surface area contributed by atoms with Crippen LogP contribution in [0.15, 0.2) is 22.7 Å². The molecule has 2 rings (SSSR count). The van der Waals surface area contributed by atoms with Crippen molar-refractivity contribution in [3.63, 3.8) is 0 Å². The predicted molar refractivity (Wildman–Crippen MR) is 66.8 cm³/mol. The molecule has 0 bridgehead atoms. The van der Waals surface area contributed by atoms with Crippen LogP contribution in [0.4, 0.5) is 5.69 Å². The Balaban J connectivity index is 2.22. The van der Waals surface area contributed by atoms with Crippen molar-refractivity contribution in [2.24, 2.45) is 0 Å². The van der Waals surface area contributed by atoms with E-state index in [1.807, 2.05) is 6.07 Å². The molecule has 1 aromatic rings. The number of ether oxygens (including phenoxy) is 1. The number of hydrogen-bond donors (Lipinski definition) is 0. The average Bonchev–Trinajstić information content (AvgIpc) is 2.29. The zero-order valence-electron chi connectivity index (χ0n) is 9.00. The molecule has 0 aromatic heterocycles. The predicted octanol–water partition coefficient (Wildman–Crippen LogP) is 3.45. The minimum atomic E-state index is 0.921. The monoisotopic (exact) mass is 269 g/mol. The second-order valence-corrected chi connectivity index (χ2v) is 4.81. The minimum Gasteiger partial charge on any atom is -0.497 e. The highest BCUT2D eigenvalue weighted by atomic mass is 79.9. The van der Waals surface area contributed by atoms with Gasteiger partial charge in [-0.1, -0.05) is 15.9 Å². The molecule has 0 amide bonds. The molecule has 1 saturated heterocycles. The van der Waals surface area contributed by atoms with Crippen molar-refractivity contribution < 1.29 is 4.74 Å². The van der Waals surface area contributed by atoms with Crippen LogP contribution < -0.4 is 9.64 Å². The van der Waals surface area contributed by atoms with E-state index >= 15 is 0 Å². The second kappa shape index (κ2) is 4.88. The Morgan fingerprint density at radius 1 is 1.13 bits per heavy atom. The van der Waals surface area contributed by atoms with Gasteiger partial charge >= 0.3 is 0 Å². The van der Waals surface area contributed by atoms with Gasteiger partial charge < -0.3 is 9.64 Å². The molecule has 0 spiro atoms. The highest BCUT2D eigenvalue weighted by Gasteiger charge is 2.12. The van der Waals surface area contributed by atoms with Gasteiger partial charge in [0.1, 0.15) is 5.75 Å². The molecular formula is C12H16BrNO. The lowest BCUT2D eigenvalue weighted by Gasteiger charge is -2.29. The Morgan fingerprint density at radius 2 is 1.87 bits per heavy atom. The summed E-state index contributed by atoms with van der Waals surface area (Å²) in [6, 6.07) is 6.26. The molecule has 1 heterocycles. The summed E-state index contributed by atoms with van der Waals surface area (Å²) in [5.41, 5.74) is 1.26. The van der Waals surface area contributed by atoms with Crippen molar-refractivity contribution in [2.75, 3.05) is 25.1 Å². The van der Waals surface area contributed by atoms with Gasteiger partial charge in [0.25, 0.3) is 0 Å². The standard InChI is InChI=1S/C12H16BrNO/c1-15-12-8-10(13)7-11(9-12)14-5-3-2-4-6-14/h7-9H,2-6H2,1H3. The summed E-state index contributed by atoms with van der Waals surface area (Å²) in [6.07, 6.45) is 3.96. The SMILES string of the molecule is COc1cc(Br)cc(N2CCCCC2)c1. The third-order valence-corrected chi connectivity index (χ3v) is 3.27. The molecule has 82 valence electrons. The summed E-state index contributed by atoms with van der Waals surface area (Å²) < 4.78 is 6.36. The van der Waals surface area contributed by atoms with Crippen LogP contribution in [0.25, 0.3) is 0 Å². The number of nitrogens with zero attached hydrogens (tertiary/aromatic N) is 1. The molecule has 15 heavy (non-hydrogen) atoms. The molecule has 0 atom stereocenters. The topological polar surface area (TPSA) is 12.5 Å². The minimum absolute atomic E-state index is 0.921. The van der Waals surface area contributed by atoms with Crippen LogP contribution in [0, 0.1) is 0 Å². The first-order chi connectivity index (χ1) is 7.29. The van der Waals surface area contributed by atoms with E-state index in [1.54, 1.807) is 7.11 Å². The molecule has 1 aliphatic rings. The van der Waals surface area contributed by atoms with Gasteiger partial charge in [-0.05, 0) is 31.4 Å². The van der Waals surface area contributed by atoms with Gasteiger partial charge in [-0.15, -0.1) is 0 Å². The van der Waals surface area contributed by atoms with E-state index in [0.29, 0.717) is 0 Å². The van der Waals surface area contributed by atoms with Crippen molar-refractivity contribution in [2.45, 2.75) is 19.3 Å². The highest BCUT2D eigenvalue weighted by molar-refractivity contribution is 9.10. The van der Waals surface area contributed by atoms with Crippen molar-refractivity contribution in [3.05, 3.63) is 22.7 Å². The van der Waals surface area contributed by atoms with Crippen LogP contribution in [0.1, 0.15) is 19.3 Å². The number of anilines is 1. The largest absolute Gasteiger partial charge is 0.497 e. The third kappa shape index (κ3) is 2.65. The smallest absolute Gasteiger partial charge is 0.122 e. The first kappa shape index (κ1) is 10.8. The number of piperidine rings is 1. The first-order valence-corrected chi connectivity index (χ1v) is 6.18. The van der Waals surface area contributed by atoms with Crippen molar-refractivity contribution >= 4 is 21.6 Å². The Kier molecular flexibility index (Phi) is 3.52. The van der Waals surface area contributed by atoms with E-state index < -0.39 is 0 Å². The molecular weight excluding hydrogens is 254 g/mol. The van der Waals surface area contributed by atoms with Gasteiger partial charge in [0.05, 0.1) is 7.11 Å². The number of methoxy groups -OCH3 is 1. The molecule has 0 saturated carbocycles. The Morgan fingerprint density at radius 3 is 2.53 bits per heavy atom. The van der Waals surface area contributed by atoms with Gasteiger partial charge in [-0.2, -0.15) is 0 Å². The lowest BCUT2D eigenvalue weighted by atomic mass is 10.1. The van der Waals surface area contributed by atoms with Crippen LogP contribution >= 0.6 is 15.9 Å². The fraction of sp³-hybridized carbons (Fsp3) is 0.500. The van der Waals surface area contributed by atoms with E-state index in [9.17, 15) is 0 Å². The van der Waals surface area contributed by atoms with Gasteiger partial charge in [0, 0.05) is 29.3 Å². The van der Waals surface area contributed by atoms with Crippen LogP contribution in [-0.4, -0.2) is 20.2 Å². The van der Waals surface area contributed by atoms with Gasteiger partial charge in [0.2, 0.25) is 0 Å². The van der Waals surface area contributed by atoms with E-state index in [-0.39, 0.29) is 0 Å².